The van der Waals surface area contributed by atoms with Crippen molar-refractivity contribution in [1.82, 2.24) is 9.80 Å². The quantitative estimate of drug-likeness (QED) is 0.802. The molecule has 0 aliphatic carbocycles. The van der Waals surface area contributed by atoms with Crippen molar-refractivity contribution in [3.8, 4) is 0 Å². The van der Waals surface area contributed by atoms with Gasteiger partial charge in [-0.25, -0.2) is 0 Å². The van der Waals surface area contributed by atoms with Crippen LogP contribution in [0.3, 0.4) is 0 Å². The van der Waals surface area contributed by atoms with E-state index in [-0.39, 0.29) is 11.8 Å². The predicted molar refractivity (Wildman–Crippen MR) is 94.0 cm³/mol. The van der Waals surface area contributed by atoms with E-state index in [4.69, 9.17) is 4.74 Å². The molecule has 1 heterocycles. The average molecular weight is 332 g/mol. The maximum Gasteiger partial charge on any atom is 0.253 e. The molecule has 132 valence electrons. The Morgan fingerprint density at radius 1 is 1.21 bits per heavy atom. The number of benzene rings is 1. The summed E-state index contributed by atoms with van der Waals surface area (Å²) in [7, 11) is 3.42. The molecule has 5 nitrogen and oxygen atoms in total. The summed E-state index contributed by atoms with van der Waals surface area (Å²) in [6.45, 7) is 4.49. The van der Waals surface area contributed by atoms with Crippen LogP contribution in [-0.2, 0) is 16.0 Å². The van der Waals surface area contributed by atoms with Gasteiger partial charge < -0.3 is 14.5 Å². The lowest BCUT2D eigenvalue weighted by molar-refractivity contribution is -0.130. The van der Waals surface area contributed by atoms with Gasteiger partial charge in [-0.3, -0.25) is 9.59 Å². The van der Waals surface area contributed by atoms with Crippen LogP contribution in [0, 0.1) is 5.92 Å². The summed E-state index contributed by atoms with van der Waals surface area (Å²) >= 11 is 0. The number of rotatable bonds is 6. The number of nitrogens with zero attached hydrogens (tertiary/aromatic N) is 2. The SMILES string of the molecule is COCCN(C)C(=O)c1ccc(CC2CCN(C(C)=O)CC2)cc1. The predicted octanol–water partition coefficient (Wildman–Crippen LogP) is 2.21. The van der Waals surface area contributed by atoms with Crippen LogP contribution in [0.25, 0.3) is 0 Å². The third-order valence-corrected chi connectivity index (χ3v) is 4.76. The number of amides is 2. The van der Waals surface area contributed by atoms with Crippen LogP contribution < -0.4 is 0 Å². The first kappa shape index (κ1) is 18.5. The third kappa shape index (κ3) is 5.06. The lowest BCUT2D eigenvalue weighted by Gasteiger charge is -2.31. The van der Waals surface area contributed by atoms with E-state index in [9.17, 15) is 9.59 Å². The normalized spacial score (nSPS) is 15.4. The summed E-state index contributed by atoms with van der Waals surface area (Å²) in [5.41, 5.74) is 1.97. The standard InChI is InChI=1S/C19H28N2O3/c1-15(22)21-10-8-17(9-11-21)14-16-4-6-18(7-5-16)19(23)20(2)12-13-24-3/h4-7,17H,8-14H2,1-3H3. The number of carbonyl (C=O) groups excluding carboxylic acids is 2. The maximum absolute atomic E-state index is 12.3. The van der Waals surface area contributed by atoms with Gasteiger partial charge in [-0.1, -0.05) is 12.1 Å². The minimum atomic E-state index is 0.0216. The number of hydrogen-bond acceptors (Lipinski definition) is 3. The van der Waals surface area contributed by atoms with Crippen LogP contribution in [0.4, 0.5) is 0 Å². The molecule has 2 amide bonds. The molecule has 0 spiro atoms. The minimum Gasteiger partial charge on any atom is -0.383 e. The van der Waals surface area contributed by atoms with Crippen molar-refractivity contribution in [1.29, 1.82) is 0 Å². The summed E-state index contributed by atoms with van der Waals surface area (Å²) < 4.78 is 5.01. The number of methoxy groups -OCH3 is 1. The van der Waals surface area contributed by atoms with E-state index >= 15 is 0 Å². The van der Waals surface area contributed by atoms with Crippen molar-refractivity contribution in [2.75, 3.05) is 40.4 Å². The molecule has 0 radical (unpaired) electrons. The lowest BCUT2D eigenvalue weighted by Crippen LogP contribution is -2.37. The number of hydrogen-bond donors (Lipinski definition) is 0. The van der Waals surface area contributed by atoms with E-state index in [1.54, 1.807) is 26.0 Å². The molecule has 0 N–H and O–H groups in total. The topological polar surface area (TPSA) is 49.9 Å². The molecule has 1 aromatic carbocycles. The Kier molecular flexibility index (Phi) is 6.79. The molecule has 0 unspecified atom stereocenters. The van der Waals surface area contributed by atoms with Gasteiger partial charge in [-0.2, -0.15) is 0 Å². The lowest BCUT2D eigenvalue weighted by atomic mass is 9.90. The zero-order valence-electron chi connectivity index (χ0n) is 15.0. The van der Waals surface area contributed by atoms with E-state index in [0.29, 0.717) is 24.6 Å². The second-order valence-corrected chi connectivity index (χ2v) is 6.57. The van der Waals surface area contributed by atoms with Gasteiger partial charge in [0.1, 0.15) is 0 Å². The molecule has 0 aromatic heterocycles. The van der Waals surface area contributed by atoms with E-state index in [1.807, 2.05) is 17.0 Å². The van der Waals surface area contributed by atoms with Crippen LogP contribution in [0.5, 0.6) is 0 Å². The molecule has 1 aliphatic heterocycles. The molecule has 0 bridgehead atoms. The highest BCUT2D eigenvalue weighted by Gasteiger charge is 2.21. The summed E-state index contributed by atoms with van der Waals surface area (Å²) in [6, 6.07) is 7.92. The van der Waals surface area contributed by atoms with Crippen molar-refractivity contribution in [2.24, 2.45) is 5.92 Å². The van der Waals surface area contributed by atoms with E-state index < -0.39 is 0 Å². The first-order valence-electron chi connectivity index (χ1n) is 8.60. The number of likely N-dealkylation sites (N-methyl/N-ethyl adjacent to an activating group) is 1. The average Bonchev–Trinajstić information content (AvgIpc) is 2.60. The van der Waals surface area contributed by atoms with E-state index in [1.165, 1.54) is 5.56 Å². The van der Waals surface area contributed by atoms with Gasteiger partial charge in [0, 0.05) is 46.3 Å². The van der Waals surface area contributed by atoms with Gasteiger partial charge in [0.05, 0.1) is 6.61 Å². The Morgan fingerprint density at radius 3 is 2.38 bits per heavy atom. The highest BCUT2D eigenvalue weighted by molar-refractivity contribution is 5.94. The molecule has 1 aliphatic rings. The van der Waals surface area contributed by atoms with Gasteiger partial charge in [0.25, 0.3) is 5.91 Å². The Balaban J connectivity index is 1.86. The van der Waals surface area contributed by atoms with E-state index in [2.05, 4.69) is 12.1 Å². The van der Waals surface area contributed by atoms with Gasteiger partial charge in [-0.05, 0) is 42.9 Å². The van der Waals surface area contributed by atoms with Gasteiger partial charge in [0.2, 0.25) is 5.91 Å². The molecule has 5 heteroatoms. The molecule has 24 heavy (non-hydrogen) atoms. The fourth-order valence-electron chi connectivity index (χ4n) is 3.12. The molecular formula is C19H28N2O3. The zero-order chi connectivity index (χ0) is 17.5. The summed E-state index contributed by atoms with van der Waals surface area (Å²) in [5, 5.41) is 0. The van der Waals surface area contributed by atoms with Crippen LogP contribution in [0.15, 0.2) is 24.3 Å². The molecule has 0 saturated carbocycles. The molecule has 1 saturated heterocycles. The van der Waals surface area contributed by atoms with Gasteiger partial charge in [0.15, 0.2) is 0 Å². The molecule has 1 aromatic rings. The van der Waals surface area contributed by atoms with Gasteiger partial charge in [-0.15, -0.1) is 0 Å². The smallest absolute Gasteiger partial charge is 0.253 e. The first-order valence-corrected chi connectivity index (χ1v) is 8.60. The summed E-state index contributed by atoms with van der Waals surface area (Å²) in [5.74, 6) is 0.814. The number of ether oxygens (including phenoxy) is 1. The fraction of sp³-hybridized carbons (Fsp3) is 0.579. The van der Waals surface area contributed by atoms with Crippen molar-refractivity contribution >= 4 is 11.8 Å². The summed E-state index contributed by atoms with van der Waals surface area (Å²) in [6.07, 6.45) is 3.12. The van der Waals surface area contributed by atoms with Crippen LogP contribution >= 0.6 is 0 Å². The molecule has 0 atom stereocenters. The van der Waals surface area contributed by atoms with Crippen molar-refractivity contribution in [2.45, 2.75) is 26.2 Å². The first-order chi connectivity index (χ1) is 11.5. The van der Waals surface area contributed by atoms with Gasteiger partial charge >= 0.3 is 0 Å². The fourth-order valence-corrected chi connectivity index (χ4v) is 3.12. The minimum absolute atomic E-state index is 0.0216. The Labute approximate surface area is 144 Å². The van der Waals surface area contributed by atoms with Crippen LogP contribution in [0.1, 0.15) is 35.7 Å². The maximum atomic E-state index is 12.3. The van der Waals surface area contributed by atoms with Crippen molar-refractivity contribution < 1.29 is 14.3 Å². The Bertz CT molecular complexity index is 548. The molecule has 1 fully saturated rings. The number of carbonyl (C=O) groups is 2. The van der Waals surface area contributed by atoms with E-state index in [0.717, 1.165) is 32.4 Å². The number of piperidine rings is 1. The second-order valence-electron chi connectivity index (χ2n) is 6.57. The summed E-state index contributed by atoms with van der Waals surface area (Å²) in [4.78, 5) is 27.3. The zero-order valence-corrected chi connectivity index (χ0v) is 15.0. The molecular weight excluding hydrogens is 304 g/mol. The Morgan fingerprint density at radius 2 is 1.83 bits per heavy atom. The highest BCUT2D eigenvalue weighted by atomic mass is 16.5. The number of likely N-dealkylation sites (tertiary alicyclic amines) is 1. The van der Waals surface area contributed by atoms with Crippen LogP contribution in [0.2, 0.25) is 0 Å². The Hall–Kier alpha value is -1.88. The highest BCUT2D eigenvalue weighted by Crippen LogP contribution is 2.22. The largest absolute Gasteiger partial charge is 0.383 e. The monoisotopic (exact) mass is 332 g/mol. The van der Waals surface area contributed by atoms with Crippen molar-refractivity contribution in [3.05, 3.63) is 35.4 Å². The van der Waals surface area contributed by atoms with Crippen LogP contribution in [-0.4, -0.2) is 62.0 Å². The third-order valence-electron chi connectivity index (χ3n) is 4.76. The van der Waals surface area contributed by atoms with Crippen molar-refractivity contribution in [3.63, 3.8) is 0 Å². The second kappa shape index (κ2) is 8.83. The molecule has 2 rings (SSSR count).